The molecule has 6 atom stereocenters. The van der Waals surface area contributed by atoms with Crippen LogP contribution in [0.4, 0.5) is 19.8 Å². The molecule has 1 amide bonds. The monoisotopic (exact) mass is 507 g/mol. The largest absolute Gasteiger partial charge is 0.509 e. The number of rotatable bonds is 8. The number of anilines is 1. The molecule has 15 heteroatoms. The molecule has 194 valence electrons. The normalized spacial score (nSPS) is 28.4. The number of amides is 1. The van der Waals surface area contributed by atoms with E-state index in [4.69, 9.17) is 31.1 Å². The highest BCUT2D eigenvalue weighted by atomic mass is 19.1. The van der Waals surface area contributed by atoms with Crippen molar-refractivity contribution >= 4 is 29.2 Å². The summed E-state index contributed by atoms with van der Waals surface area (Å²) in [5.41, 5.74) is 4.36. The van der Waals surface area contributed by atoms with Crippen LogP contribution in [0.1, 0.15) is 26.5 Å². The van der Waals surface area contributed by atoms with Gasteiger partial charge in [0.05, 0.1) is 12.9 Å². The van der Waals surface area contributed by atoms with E-state index in [0.717, 1.165) is 0 Å². The molecule has 2 fully saturated rings. The Hall–Kier alpha value is -3.74. The number of fused-ring (bicyclic) bond motifs is 1. The maximum absolute atomic E-state index is 13.7. The van der Waals surface area contributed by atoms with Crippen molar-refractivity contribution in [2.24, 2.45) is 0 Å². The van der Waals surface area contributed by atoms with Crippen LogP contribution in [0.15, 0.2) is 6.33 Å². The summed E-state index contributed by atoms with van der Waals surface area (Å²) >= 11 is 0. The second-order valence-electron chi connectivity index (χ2n) is 8.45. The summed E-state index contributed by atoms with van der Waals surface area (Å²) < 4.78 is 36.1. The van der Waals surface area contributed by atoms with Crippen molar-refractivity contribution in [2.45, 2.75) is 56.5 Å². The maximum atomic E-state index is 13.7. The minimum atomic E-state index is -1.58. The Morgan fingerprint density at radius 3 is 2.97 bits per heavy atom. The number of cyclic esters (lactones) is 2. The maximum Gasteiger partial charge on any atom is 0.509 e. The fourth-order valence-corrected chi connectivity index (χ4v) is 4.15. The zero-order chi connectivity index (χ0) is 26.0. The third kappa shape index (κ3) is 4.96. The van der Waals surface area contributed by atoms with Crippen molar-refractivity contribution < 1.29 is 38.0 Å². The zero-order valence-electron chi connectivity index (χ0n) is 19.5. The summed E-state index contributed by atoms with van der Waals surface area (Å²) in [4.78, 5) is 34.6. The van der Waals surface area contributed by atoms with Gasteiger partial charge in [-0.2, -0.15) is 14.4 Å². The van der Waals surface area contributed by atoms with Crippen LogP contribution in [0, 0.1) is 18.4 Å². The van der Waals surface area contributed by atoms with Crippen LogP contribution in [0.2, 0.25) is 0 Å². The van der Waals surface area contributed by atoms with E-state index in [9.17, 15) is 19.1 Å². The van der Waals surface area contributed by atoms with Crippen molar-refractivity contribution in [1.29, 1.82) is 0 Å². The summed E-state index contributed by atoms with van der Waals surface area (Å²) in [5.74, 6) is 2.25. The number of nitrogens with zero attached hydrogens (tertiary/aromatic N) is 4. The second kappa shape index (κ2) is 10.1. The Balaban J connectivity index is 1.28. The number of nitrogens with two attached hydrogens (primary N) is 1. The summed E-state index contributed by atoms with van der Waals surface area (Å²) in [6, 6.07) is -0.227. The number of carbonyl (C=O) groups is 2. The average molecular weight is 507 g/mol. The van der Waals surface area contributed by atoms with Gasteiger partial charge >= 0.3 is 18.3 Å². The molecule has 2 saturated heterocycles. The number of imidazole rings is 1. The van der Waals surface area contributed by atoms with Gasteiger partial charge in [-0.1, -0.05) is 5.92 Å². The van der Waals surface area contributed by atoms with E-state index >= 15 is 0 Å². The number of hydrogen-bond donors (Lipinski definition) is 4. The second-order valence-corrected chi connectivity index (χ2v) is 8.45. The van der Waals surface area contributed by atoms with Gasteiger partial charge in [-0.05, 0) is 13.8 Å². The molecular formula is C21H26FN7O7. The van der Waals surface area contributed by atoms with Crippen LogP contribution < -0.4 is 16.4 Å². The van der Waals surface area contributed by atoms with Crippen molar-refractivity contribution in [1.82, 2.24) is 30.2 Å². The van der Waals surface area contributed by atoms with E-state index in [1.807, 2.05) is 6.92 Å². The first-order valence-corrected chi connectivity index (χ1v) is 11.1. The zero-order valence-corrected chi connectivity index (χ0v) is 19.5. The minimum Gasteiger partial charge on any atom is -0.448 e. The fraction of sp³-hybridized carbons (Fsp3) is 0.571. The van der Waals surface area contributed by atoms with E-state index in [-0.39, 0.29) is 49.1 Å². The molecule has 0 saturated carbocycles. The van der Waals surface area contributed by atoms with Crippen LogP contribution in [0.25, 0.3) is 11.2 Å². The summed E-state index contributed by atoms with van der Waals surface area (Å²) in [6.45, 7) is 3.57. The number of aliphatic hydroxyl groups excluding tert-OH is 1. The SMILES string of the molecule is C#C[C@]1(CNC(=O)OCCNC(C)C2OC(=O)OC2C)O[C@@H](n2cnc3c(N)nc(F)nc32)C[C@@H]1O. The Labute approximate surface area is 204 Å². The molecule has 0 bridgehead atoms. The molecule has 0 aromatic carbocycles. The van der Waals surface area contributed by atoms with Gasteiger partial charge in [-0.15, -0.1) is 6.42 Å². The summed E-state index contributed by atoms with van der Waals surface area (Å²) in [7, 11) is 0. The smallest absolute Gasteiger partial charge is 0.448 e. The fourth-order valence-electron chi connectivity index (χ4n) is 4.15. The molecule has 0 aliphatic carbocycles. The Bertz CT molecular complexity index is 1190. The lowest BCUT2D eigenvalue weighted by Gasteiger charge is -2.26. The molecule has 2 aromatic heterocycles. The number of halogens is 1. The van der Waals surface area contributed by atoms with Gasteiger partial charge in [0.25, 0.3) is 0 Å². The highest BCUT2D eigenvalue weighted by Crippen LogP contribution is 2.37. The highest BCUT2D eigenvalue weighted by molar-refractivity contribution is 5.81. The van der Waals surface area contributed by atoms with Crippen LogP contribution in [0.5, 0.6) is 0 Å². The van der Waals surface area contributed by atoms with Crippen LogP contribution in [-0.4, -0.2) is 86.5 Å². The lowest BCUT2D eigenvalue weighted by Crippen LogP contribution is -2.49. The van der Waals surface area contributed by atoms with E-state index in [2.05, 4.69) is 31.5 Å². The van der Waals surface area contributed by atoms with Crippen LogP contribution in [-0.2, 0) is 18.9 Å². The lowest BCUT2D eigenvalue weighted by molar-refractivity contribution is -0.0610. The summed E-state index contributed by atoms with van der Waals surface area (Å²) in [6.07, 6.45) is 1.58. The standard InChI is InChI=1S/C21H26FN7O7/c1-4-21(8-25-19(31)33-6-5-24-10(2)15-11(3)34-20(32)35-15)12(30)7-13(36-21)29-9-26-14-16(23)27-18(22)28-17(14)29/h1,9-13,15,24,30H,5-8H2,2-3H3,(H,25,31)(H2,23,27,28)/t10?,11?,12-,13+,15?,21+/m0/s1. The topological polar surface area (TPSA) is 185 Å². The summed E-state index contributed by atoms with van der Waals surface area (Å²) in [5, 5.41) is 16.2. The third-order valence-electron chi connectivity index (χ3n) is 6.05. The Kier molecular flexibility index (Phi) is 7.11. The number of nitrogen functional groups attached to an aromatic ring is 1. The molecule has 2 aromatic rings. The molecule has 36 heavy (non-hydrogen) atoms. The van der Waals surface area contributed by atoms with E-state index in [1.54, 1.807) is 6.92 Å². The Morgan fingerprint density at radius 2 is 2.28 bits per heavy atom. The van der Waals surface area contributed by atoms with Crippen LogP contribution >= 0.6 is 0 Å². The predicted molar refractivity (Wildman–Crippen MR) is 120 cm³/mol. The van der Waals surface area contributed by atoms with Crippen molar-refractivity contribution in [3.63, 3.8) is 0 Å². The molecule has 14 nitrogen and oxygen atoms in total. The highest BCUT2D eigenvalue weighted by Gasteiger charge is 2.48. The number of aromatic nitrogens is 4. The van der Waals surface area contributed by atoms with Crippen molar-refractivity contribution in [3.8, 4) is 12.3 Å². The number of ether oxygens (including phenoxy) is 4. The molecule has 2 aliphatic rings. The first kappa shape index (κ1) is 25.4. The number of carbonyl (C=O) groups excluding carboxylic acids is 2. The van der Waals surface area contributed by atoms with Gasteiger partial charge in [0, 0.05) is 19.0 Å². The van der Waals surface area contributed by atoms with Crippen molar-refractivity contribution in [2.75, 3.05) is 25.4 Å². The van der Waals surface area contributed by atoms with Gasteiger partial charge in [0.15, 0.2) is 28.7 Å². The van der Waals surface area contributed by atoms with Gasteiger partial charge in [-0.3, -0.25) is 4.57 Å². The molecule has 0 spiro atoms. The Morgan fingerprint density at radius 1 is 1.50 bits per heavy atom. The molecule has 4 rings (SSSR count). The number of nitrogens with one attached hydrogen (secondary N) is 2. The number of terminal acetylenes is 1. The molecule has 5 N–H and O–H groups in total. The van der Waals surface area contributed by atoms with Gasteiger partial charge in [0.1, 0.15) is 25.0 Å². The van der Waals surface area contributed by atoms with E-state index in [1.165, 1.54) is 10.9 Å². The number of hydrogen-bond acceptors (Lipinski definition) is 12. The van der Waals surface area contributed by atoms with E-state index in [0.29, 0.717) is 0 Å². The van der Waals surface area contributed by atoms with Gasteiger partial charge < -0.3 is 40.4 Å². The molecule has 3 unspecified atom stereocenters. The first-order valence-electron chi connectivity index (χ1n) is 11.1. The number of aliphatic hydroxyl groups is 1. The quantitative estimate of drug-likeness (QED) is 0.160. The predicted octanol–water partition coefficient (Wildman–Crippen LogP) is -0.172. The van der Waals surface area contributed by atoms with Crippen molar-refractivity contribution in [3.05, 3.63) is 12.4 Å². The number of alkyl carbamates (subject to hydrolysis) is 1. The average Bonchev–Trinajstić information content (AvgIpc) is 3.50. The molecule has 2 aliphatic heterocycles. The lowest BCUT2D eigenvalue weighted by atomic mass is 9.98. The van der Waals surface area contributed by atoms with Gasteiger partial charge in [-0.25, -0.2) is 14.6 Å². The van der Waals surface area contributed by atoms with E-state index < -0.39 is 48.5 Å². The minimum absolute atomic E-state index is 0.00881. The van der Waals surface area contributed by atoms with Crippen LogP contribution in [0.3, 0.4) is 0 Å². The third-order valence-corrected chi connectivity index (χ3v) is 6.05. The molecular weight excluding hydrogens is 481 g/mol. The molecule has 0 radical (unpaired) electrons. The first-order chi connectivity index (χ1) is 17.1. The molecule has 4 heterocycles. The van der Waals surface area contributed by atoms with Gasteiger partial charge in [0.2, 0.25) is 0 Å².